The van der Waals surface area contributed by atoms with Gasteiger partial charge < -0.3 is 15.0 Å². The second-order valence-electron chi connectivity index (χ2n) is 8.78. The molecule has 0 unspecified atom stereocenters. The molecule has 1 aliphatic rings. The van der Waals surface area contributed by atoms with Crippen molar-refractivity contribution in [2.75, 3.05) is 18.0 Å². The summed E-state index contributed by atoms with van der Waals surface area (Å²) >= 11 is 0. The summed E-state index contributed by atoms with van der Waals surface area (Å²) in [6.07, 6.45) is 2.64. The lowest BCUT2D eigenvalue weighted by molar-refractivity contribution is -0.128. The first-order chi connectivity index (χ1) is 14.4. The normalized spacial score (nSPS) is 16.8. The third-order valence-electron chi connectivity index (χ3n) is 6.18. The predicted molar refractivity (Wildman–Crippen MR) is 124 cm³/mol. The van der Waals surface area contributed by atoms with Crippen LogP contribution in [0.3, 0.4) is 0 Å². The molecule has 1 amide bonds. The number of rotatable bonds is 7. The van der Waals surface area contributed by atoms with Gasteiger partial charge in [-0.05, 0) is 80.8 Å². The fraction of sp³-hybridized carbons (Fsp3) is 0.500. The molecule has 162 valence electrons. The number of benzene rings is 2. The van der Waals surface area contributed by atoms with E-state index in [0.717, 1.165) is 41.4 Å². The third-order valence-corrected chi connectivity index (χ3v) is 6.18. The summed E-state index contributed by atoms with van der Waals surface area (Å²) in [5, 5.41) is 3.13. The van der Waals surface area contributed by atoms with Crippen molar-refractivity contribution in [3.63, 3.8) is 0 Å². The molecule has 4 nitrogen and oxygen atoms in total. The van der Waals surface area contributed by atoms with E-state index in [1.165, 1.54) is 18.5 Å². The van der Waals surface area contributed by atoms with Gasteiger partial charge in [0, 0.05) is 18.8 Å². The number of carbonyl (C=O) groups is 1. The zero-order valence-electron chi connectivity index (χ0n) is 19.1. The van der Waals surface area contributed by atoms with E-state index < -0.39 is 6.10 Å². The molecule has 4 heteroatoms. The molecule has 1 fully saturated rings. The summed E-state index contributed by atoms with van der Waals surface area (Å²) < 4.78 is 6.06. The van der Waals surface area contributed by atoms with Gasteiger partial charge in [-0.3, -0.25) is 4.79 Å². The maximum atomic E-state index is 12.9. The van der Waals surface area contributed by atoms with Crippen LogP contribution in [0.4, 0.5) is 5.69 Å². The SMILES string of the molecule is CC[C@@H](Oc1cc(C)ccc1C)C(=O)N[C@H](C)c1ccc(N2CCC(C)CC2)cc1. The Hall–Kier alpha value is -2.49. The maximum absolute atomic E-state index is 12.9. The number of nitrogens with one attached hydrogen (secondary N) is 1. The number of hydrogen-bond donors (Lipinski definition) is 1. The van der Waals surface area contributed by atoms with Crippen LogP contribution < -0.4 is 15.0 Å². The van der Waals surface area contributed by atoms with Crippen LogP contribution in [0.1, 0.15) is 62.8 Å². The van der Waals surface area contributed by atoms with Crippen LogP contribution in [0.25, 0.3) is 0 Å². The average molecular weight is 409 g/mol. The van der Waals surface area contributed by atoms with Gasteiger partial charge in [-0.2, -0.15) is 0 Å². The topological polar surface area (TPSA) is 41.6 Å². The van der Waals surface area contributed by atoms with E-state index in [1.807, 2.05) is 39.8 Å². The van der Waals surface area contributed by atoms with E-state index in [4.69, 9.17) is 4.74 Å². The van der Waals surface area contributed by atoms with Crippen LogP contribution in [0.15, 0.2) is 42.5 Å². The number of hydrogen-bond acceptors (Lipinski definition) is 3. The van der Waals surface area contributed by atoms with Gasteiger partial charge in [0.05, 0.1) is 6.04 Å². The quantitative estimate of drug-likeness (QED) is 0.651. The van der Waals surface area contributed by atoms with E-state index in [1.54, 1.807) is 0 Å². The van der Waals surface area contributed by atoms with Crippen molar-refractivity contribution < 1.29 is 9.53 Å². The monoisotopic (exact) mass is 408 g/mol. The molecule has 2 atom stereocenters. The number of piperidine rings is 1. The molecule has 0 aromatic heterocycles. The Bertz CT molecular complexity index is 839. The van der Waals surface area contributed by atoms with Crippen molar-refractivity contribution in [1.29, 1.82) is 0 Å². The van der Waals surface area contributed by atoms with Gasteiger partial charge in [0.2, 0.25) is 0 Å². The van der Waals surface area contributed by atoms with Crippen LogP contribution in [0, 0.1) is 19.8 Å². The number of aryl methyl sites for hydroxylation is 2. The Balaban J connectivity index is 1.60. The molecule has 0 radical (unpaired) electrons. The lowest BCUT2D eigenvalue weighted by Crippen LogP contribution is -2.39. The lowest BCUT2D eigenvalue weighted by Gasteiger charge is -2.32. The van der Waals surface area contributed by atoms with Crippen molar-refractivity contribution >= 4 is 11.6 Å². The van der Waals surface area contributed by atoms with E-state index in [-0.39, 0.29) is 11.9 Å². The van der Waals surface area contributed by atoms with Gasteiger partial charge >= 0.3 is 0 Å². The summed E-state index contributed by atoms with van der Waals surface area (Å²) in [5.41, 5.74) is 4.55. The largest absolute Gasteiger partial charge is 0.480 e. The molecular weight excluding hydrogens is 372 g/mol. The van der Waals surface area contributed by atoms with Crippen LogP contribution in [-0.2, 0) is 4.79 Å². The molecule has 2 aromatic rings. The molecule has 0 spiro atoms. The minimum Gasteiger partial charge on any atom is -0.480 e. The highest BCUT2D eigenvalue weighted by atomic mass is 16.5. The minimum atomic E-state index is -0.498. The van der Waals surface area contributed by atoms with E-state index in [0.29, 0.717) is 6.42 Å². The van der Waals surface area contributed by atoms with E-state index >= 15 is 0 Å². The number of ether oxygens (including phenoxy) is 1. The molecular formula is C26H36N2O2. The van der Waals surface area contributed by atoms with Crippen LogP contribution >= 0.6 is 0 Å². The molecule has 0 aliphatic carbocycles. The van der Waals surface area contributed by atoms with Gasteiger partial charge in [0.1, 0.15) is 5.75 Å². The lowest BCUT2D eigenvalue weighted by atomic mass is 9.98. The Morgan fingerprint density at radius 2 is 1.80 bits per heavy atom. The molecule has 0 saturated carbocycles. The number of anilines is 1. The predicted octanol–water partition coefficient (Wildman–Crippen LogP) is 5.57. The van der Waals surface area contributed by atoms with E-state index in [9.17, 15) is 4.79 Å². The number of carbonyl (C=O) groups excluding carboxylic acids is 1. The average Bonchev–Trinajstić information content (AvgIpc) is 2.74. The molecule has 1 heterocycles. The smallest absolute Gasteiger partial charge is 0.261 e. The van der Waals surface area contributed by atoms with Crippen molar-refractivity contribution in [3.05, 3.63) is 59.2 Å². The number of nitrogens with zero attached hydrogens (tertiary/aromatic N) is 1. The molecule has 30 heavy (non-hydrogen) atoms. The van der Waals surface area contributed by atoms with Crippen LogP contribution in [0.5, 0.6) is 5.75 Å². The summed E-state index contributed by atoms with van der Waals surface area (Å²) in [4.78, 5) is 15.3. The Labute approximate surface area is 181 Å². The third kappa shape index (κ3) is 5.56. The van der Waals surface area contributed by atoms with Gasteiger partial charge in [0.25, 0.3) is 5.91 Å². The molecule has 2 aromatic carbocycles. The minimum absolute atomic E-state index is 0.0656. The molecule has 1 N–H and O–H groups in total. The zero-order valence-corrected chi connectivity index (χ0v) is 19.1. The molecule has 1 aliphatic heterocycles. The fourth-order valence-corrected chi connectivity index (χ4v) is 3.94. The van der Waals surface area contributed by atoms with Gasteiger partial charge in [-0.15, -0.1) is 0 Å². The van der Waals surface area contributed by atoms with Crippen LogP contribution in [0.2, 0.25) is 0 Å². The Kier molecular flexibility index (Phi) is 7.41. The van der Waals surface area contributed by atoms with Crippen molar-refractivity contribution in [1.82, 2.24) is 5.32 Å². The number of amides is 1. The fourth-order valence-electron chi connectivity index (χ4n) is 3.94. The Morgan fingerprint density at radius 3 is 2.43 bits per heavy atom. The van der Waals surface area contributed by atoms with Gasteiger partial charge in [-0.25, -0.2) is 0 Å². The van der Waals surface area contributed by atoms with Crippen molar-refractivity contribution in [2.45, 2.75) is 66.0 Å². The summed E-state index contributed by atoms with van der Waals surface area (Å²) in [7, 11) is 0. The summed E-state index contributed by atoms with van der Waals surface area (Å²) in [6.45, 7) is 12.6. The summed E-state index contributed by atoms with van der Waals surface area (Å²) in [5.74, 6) is 1.54. The highest BCUT2D eigenvalue weighted by Gasteiger charge is 2.22. The van der Waals surface area contributed by atoms with E-state index in [2.05, 4.69) is 47.5 Å². The maximum Gasteiger partial charge on any atom is 0.261 e. The first-order valence-corrected chi connectivity index (χ1v) is 11.3. The second kappa shape index (κ2) is 10.0. The molecule has 0 bridgehead atoms. The second-order valence-corrected chi connectivity index (χ2v) is 8.78. The highest BCUT2D eigenvalue weighted by molar-refractivity contribution is 5.81. The first kappa shape index (κ1) is 22.2. The van der Waals surface area contributed by atoms with Gasteiger partial charge in [-0.1, -0.05) is 38.1 Å². The standard InChI is InChI=1S/C26H36N2O2/c1-6-24(30-25-17-19(3)7-8-20(25)4)26(29)27-21(5)22-9-11-23(12-10-22)28-15-13-18(2)14-16-28/h7-12,17-18,21,24H,6,13-16H2,1-5H3,(H,27,29)/t21-,24-/m1/s1. The zero-order chi connectivity index (χ0) is 21.7. The summed E-state index contributed by atoms with van der Waals surface area (Å²) in [6, 6.07) is 14.6. The van der Waals surface area contributed by atoms with Gasteiger partial charge in [0.15, 0.2) is 6.10 Å². The highest BCUT2D eigenvalue weighted by Crippen LogP contribution is 2.25. The van der Waals surface area contributed by atoms with Crippen molar-refractivity contribution in [3.8, 4) is 5.75 Å². The van der Waals surface area contributed by atoms with Crippen molar-refractivity contribution in [2.24, 2.45) is 5.92 Å². The molecule has 3 rings (SSSR count). The molecule has 1 saturated heterocycles. The Morgan fingerprint density at radius 1 is 1.13 bits per heavy atom. The van der Waals surface area contributed by atoms with Crippen LogP contribution in [-0.4, -0.2) is 25.1 Å². The first-order valence-electron chi connectivity index (χ1n) is 11.3.